The van der Waals surface area contributed by atoms with Gasteiger partial charge in [0.25, 0.3) is 0 Å². The number of ether oxygens (including phenoxy) is 3. The van der Waals surface area contributed by atoms with E-state index in [1.54, 1.807) is 24.3 Å². The third-order valence-electron chi connectivity index (χ3n) is 2.78. The van der Waals surface area contributed by atoms with Gasteiger partial charge in [0.1, 0.15) is 11.4 Å². The molecule has 0 fully saturated rings. The molecule has 0 radical (unpaired) electrons. The number of nitrogens with one attached hydrogen (secondary N) is 1. The Labute approximate surface area is 137 Å². The summed E-state index contributed by atoms with van der Waals surface area (Å²) in [4.78, 5) is 22.7. The molecule has 0 aliphatic rings. The third kappa shape index (κ3) is 8.09. The minimum Gasteiger partial charge on any atom is -0.494 e. The number of benzene rings is 1. The summed E-state index contributed by atoms with van der Waals surface area (Å²) in [5.41, 5.74) is 0.00483. The first-order chi connectivity index (χ1) is 10.8. The Hall–Kier alpha value is -2.24. The van der Waals surface area contributed by atoms with Gasteiger partial charge in [-0.1, -0.05) is 0 Å². The van der Waals surface area contributed by atoms with E-state index in [2.05, 4.69) is 10.1 Å². The second-order valence-corrected chi connectivity index (χ2v) is 6.00. The monoisotopic (exact) mass is 323 g/mol. The second-order valence-electron chi connectivity index (χ2n) is 6.00. The van der Waals surface area contributed by atoms with Crippen LogP contribution in [0.1, 0.15) is 44.0 Å². The van der Waals surface area contributed by atoms with Crippen LogP contribution >= 0.6 is 0 Å². The van der Waals surface area contributed by atoms with Gasteiger partial charge in [0.2, 0.25) is 0 Å². The maximum absolute atomic E-state index is 11.4. The fraction of sp³-hybridized carbons (Fsp3) is 0.529. The lowest BCUT2D eigenvalue weighted by Gasteiger charge is -2.19. The van der Waals surface area contributed by atoms with E-state index < -0.39 is 11.7 Å². The smallest absolute Gasteiger partial charge is 0.407 e. The summed E-state index contributed by atoms with van der Waals surface area (Å²) in [6.45, 7) is 6.55. The summed E-state index contributed by atoms with van der Waals surface area (Å²) in [6, 6.07) is 6.77. The standard InChI is InChI=1S/C17H25NO5/c1-17(2,3)23-16(20)18-11-5-6-12-22-14-9-7-13(8-10-14)15(19)21-4/h7-10H,5-6,11-12H2,1-4H3,(H,18,20). The average Bonchev–Trinajstić information content (AvgIpc) is 2.48. The van der Waals surface area contributed by atoms with Gasteiger partial charge in [-0.2, -0.15) is 0 Å². The predicted molar refractivity (Wildman–Crippen MR) is 86.7 cm³/mol. The van der Waals surface area contributed by atoms with Crippen molar-refractivity contribution in [2.45, 2.75) is 39.2 Å². The van der Waals surface area contributed by atoms with Crippen molar-refractivity contribution in [1.29, 1.82) is 0 Å². The van der Waals surface area contributed by atoms with Crippen molar-refractivity contribution >= 4 is 12.1 Å². The van der Waals surface area contributed by atoms with Crippen LogP contribution in [0, 0.1) is 0 Å². The van der Waals surface area contributed by atoms with Crippen molar-refractivity contribution in [3.05, 3.63) is 29.8 Å². The number of carbonyl (C=O) groups is 2. The van der Waals surface area contributed by atoms with Crippen LogP contribution in [0.3, 0.4) is 0 Å². The number of hydrogen-bond donors (Lipinski definition) is 1. The van der Waals surface area contributed by atoms with Crippen LogP contribution in [-0.4, -0.2) is 37.9 Å². The molecule has 23 heavy (non-hydrogen) atoms. The summed E-state index contributed by atoms with van der Waals surface area (Å²) in [6.07, 6.45) is 1.19. The van der Waals surface area contributed by atoms with Crippen LogP contribution in [0.15, 0.2) is 24.3 Å². The molecule has 6 nitrogen and oxygen atoms in total. The van der Waals surface area contributed by atoms with Gasteiger partial charge >= 0.3 is 12.1 Å². The Morgan fingerprint density at radius 1 is 1.09 bits per heavy atom. The van der Waals surface area contributed by atoms with E-state index in [1.165, 1.54) is 7.11 Å². The van der Waals surface area contributed by atoms with Crippen molar-refractivity contribution in [1.82, 2.24) is 5.32 Å². The van der Waals surface area contributed by atoms with Gasteiger partial charge in [-0.05, 0) is 57.9 Å². The molecule has 1 aromatic carbocycles. The van der Waals surface area contributed by atoms with Crippen LogP contribution in [-0.2, 0) is 9.47 Å². The lowest BCUT2D eigenvalue weighted by Crippen LogP contribution is -2.33. The van der Waals surface area contributed by atoms with Crippen LogP contribution in [0.5, 0.6) is 5.75 Å². The van der Waals surface area contributed by atoms with Gasteiger partial charge in [-0.3, -0.25) is 0 Å². The lowest BCUT2D eigenvalue weighted by atomic mass is 10.2. The summed E-state index contributed by atoms with van der Waals surface area (Å²) in [5.74, 6) is 0.322. The Kier molecular flexibility index (Phi) is 7.38. The Morgan fingerprint density at radius 2 is 1.74 bits per heavy atom. The molecule has 0 heterocycles. The number of alkyl carbamates (subject to hydrolysis) is 1. The highest BCUT2D eigenvalue weighted by atomic mass is 16.6. The highest BCUT2D eigenvalue weighted by Crippen LogP contribution is 2.13. The molecule has 0 aliphatic carbocycles. The van der Waals surface area contributed by atoms with Gasteiger partial charge in [0.05, 0.1) is 19.3 Å². The molecule has 0 saturated carbocycles. The zero-order chi connectivity index (χ0) is 17.3. The summed E-state index contributed by atoms with van der Waals surface area (Å²) in [7, 11) is 1.35. The highest BCUT2D eigenvalue weighted by molar-refractivity contribution is 5.89. The first kappa shape index (κ1) is 18.8. The molecule has 0 saturated heterocycles. The first-order valence-electron chi connectivity index (χ1n) is 7.60. The van der Waals surface area contributed by atoms with Crippen molar-refractivity contribution in [2.24, 2.45) is 0 Å². The van der Waals surface area contributed by atoms with Gasteiger partial charge in [0.15, 0.2) is 0 Å². The van der Waals surface area contributed by atoms with E-state index in [9.17, 15) is 9.59 Å². The fourth-order valence-electron chi connectivity index (χ4n) is 1.73. The van der Waals surface area contributed by atoms with E-state index in [1.807, 2.05) is 20.8 Å². The van der Waals surface area contributed by atoms with Crippen molar-refractivity contribution < 1.29 is 23.8 Å². The largest absolute Gasteiger partial charge is 0.494 e. The fourth-order valence-corrected chi connectivity index (χ4v) is 1.73. The first-order valence-corrected chi connectivity index (χ1v) is 7.60. The molecule has 0 aromatic heterocycles. The van der Waals surface area contributed by atoms with Crippen LogP contribution < -0.4 is 10.1 Å². The molecular weight excluding hydrogens is 298 g/mol. The number of esters is 1. The summed E-state index contributed by atoms with van der Waals surface area (Å²) >= 11 is 0. The van der Waals surface area contributed by atoms with Crippen LogP contribution in [0.25, 0.3) is 0 Å². The van der Waals surface area contributed by atoms with Gasteiger partial charge < -0.3 is 19.5 Å². The SMILES string of the molecule is COC(=O)c1ccc(OCCCCNC(=O)OC(C)(C)C)cc1. The lowest BCUT2D eigenvalue weighted by molar-refractivity contribution is 0.0525. The predicted octanol–water partition coefficient (Wildman–Crippen LogP) is 3.16. The van der Waals surface area contributed by atoms with E-state index >= 15 is 0 Å². The number of rotatable bonds is 7. The van der Waals surface area contributed by atoms with Crippen LogP contribution in [0.2, 0.25) is 0 Å². The van der Waals surface area contributed by atoms with E-state index in [0.29, 0.717) is 24.5 Å². The maximum Gasteiger partial charge on any atom is 0.407 e. The van der Waals surface area contributed by atoms with E-state index in [0.717, 1.165) is 12.8 Å². The molecule has 0 unspecified atom stereocenters. The minimum atomic E-state index is -0.483. The molecular formula is C17H25NO5. The topological polar surface area (TPSA) is 73.9 Å². The van der Waals surface area contributed by atoms with Crippen molar-refractivity contribution in [3.8, 4) is 5.75 Å². The maximum atomic E-state index is 11.4. The zero-order valence-electron chi connectivity index (χ0n) is 14.2. The van der Waals surface area contributed by atoms with E-state index in [4.69, 9.17) is 9.47 Å². The summed E-state index contributed by atoms with van der Waals surface area (Å²) in [5, 5.41) is 2.70. The van der Waals surface area contributed by atoms with Gasteiger partial charge in [-0.25, -0.2) is 9.59 Å². The quantitative estimate of drug-likeness (QED) is 0.616. The van der Waals surface area contributed by atoms with Crippen LogP contribution in [0.4, 0.5) is 4.79 Å². The zero-order valence-corrected chi connectivity index (χ0v) is 14.2. The number of carbonyl (C=O) groups excluding carboxylic acids is 2. The van der Waals surface area contributed by atoms with Crippen molar-refractivity contribution in [2.75, 3.05) is 20.3 Å². The van der Waals surface area contributed by atoms with Gasteiger partial charge in [0, 0.05) is 6.54 Å². The number of hydrogen-bond acceptors (Lipinski definition) is 5. The third-order valence-corrected chi connectivity index (χ3v) is 2.78. The molecule has 6 heteroatoms. The number of methoxy groups -OCH3 is 1. The minimum absolute atomic E-state index is 0.371. The average molecular weight is 323 g/mol. The van der Waals surface area contributed by atoms with Gasteiger partial charge in [-0.15, -0.1) is 0 Å². The Balaban J connectivity index is 2.16. The Bertz CT molecular complexity index is 505. The summed E-state index contributed by atoms with van der Waals surface area (Å²) < 4.78 is 15.3. The molecule has 1 N–H and O–H groups in total. The number of unbranched alkanes of at least 4 members (excludes halogenated alkanes) is 1. The molecule has 0 aliphatic heterocycles. The molecule has 0 spiro atoms. The molecule has 1 amide bonds. The van der Waals surface area contributed by atoms with E-state index in [-0.39, 0.29) is 5.97 Å². The van der Waals surface area contributed by atoms with Crippen molar-refractivity contribution in [3.63, 3.8) is 0 Å². The number of amides is 1. The second kappa shape index (κ2) is 9.02. The molecule has 1 aromatic rings. The Morgan fingerprint density at radius 3 is 2.30 bits per heavy atom. The molecule has 128 valence electrons. The normalized spacial score (nSPS) is 10.8. The molecule has 0 bridgehead atoms. The highest BCUT2D eigenvalue weighted by Gasteiger charge is 2.15. The molecule has 1 rings (SSSR count). The molecule has 0 atom stereocenters.